The van der Waals surface area contributed by atoms with Gasteiger partial charge in [0.2, 0.25) is 0 Å². The van der Waals surface area contributed by atoms with Crippen LogP contribution in [0.3, 0.4) is 0 Å². The van der Waals surface area contributed by atoms with Crippen molar-refractivity contribution in [2.75, 3.05) is 0 Å². The van der Waals surface area contributed by atoms with Gasteiger partial charge in [0, 0.05) is 0 Å². The van der Waals surface area contributed by atoms with Crippen LogP contribution >= 0.6 is 0 Å². The summed E-state index contributed by atoms with van der Waals surface area (Å²) in [5, 5.41) is 0.896. The van der Waals surface area contributed by atoms with Crippen LogP contribution in [-0.2, 0) is 22.1 Å². The molecule has 0 saturated carbocycles. The van der Waals surface area contributed by atoms with Gasteiger partial charge in [-0.3, -0.25) is 0 Å². The predicted molar refractivity (Wildman–Crippen MR) is 76.3 cm³/mol. The van der Waals surface area contributed by atoms with Crippen molar-refractivity contribution in [3.05, 3.63) is 66.2 Å². The van der Waals surface area contributed by atoms with E-state index >= 15 is 0 Å². The van der Waals surface area contributed by atoms with Crippen LogP contribution in [-0.4, -0.2) is 9.56 Å². The Bertz CT molecular complexity index is 692. The zero-order valence-electron chi connectivity index (χ0n) is 10.5. The van der Waals surface area contributed by atoms with Crippen molar-refractivity contribution in [1.82, 2.24) is 4.57 Å². The van der Waals surface area contributed by atoms with Gasteiger partial charge in [0.1, 0.15) is 0 Å². The number of nitrogens with zero attached hydrogens (tertiary/aromatic N) is 1. The molecule has 0 amide bonds. The molecule has 1 heterocycles. The monoisotopic (exact) mass is 297 g/mol. The van der Waals surface area contributed by atoms with Crippen LogP contribution in [0.2, 0.25) is 0 Å². The molecule has 0 atom stereocenters. The molecule has 100 valence electrons. The average Bonchev–Trinajstić information content (AvgIpc) is 2.71. The van der Waals surface area contributed by atoms with Gasteiger partial charge in [-0.15, -0.1) is 0 Å². The van der Waals surface area contributed by atoms with Gasteiger partial charge in [-0.2, -0.15) is 0 Å². The molecule has 0 bridgehead atoms. The Morgan fingerprint density at radius 1 is 1.42 bits per heavy atom. The molecule has 0 radical (unpaired) electrons. The average molecular weight is 298 g/mol. The van der Waals surface area contributed by atoms with Crippen LogP contribution in [0, 0.1) is 5.82 Å². The number of hydrogen-bond acceptors (Lipinski definition) is 0. The SMILES string of the molecule is C=CC(/C=C/c1cn(C)c2ccc(F)cc12)=C\[CH]=[Ni]. The van der Waals surface area contributed by atoms with E-state index in [4.69, 9.17) is 0 Å². The van der Waals surface area contributed by atoms with Crippen molar-refractivity contribution in [3.63, 3.8) is 0 Å². The van der Waals surface area contributed by atoms with E-state index in [-0.39, 0.29) is 5.82 Å². The van der Waals surface area contributed by atoms with Crippen LogP contribution in [0.1, 0.15) is 5.56 Å². The Morgan fingerprint density at radius 3 is 2.89 bits per heavy atom. The fourth-order valence-electron chi connectivity index (χ4n) is 1.97. The number of benzene rings is 1. The first kappa shape index (κ1) is 13.7. The Labute approximate surface area is 119 Å². The van der Waals surface area contributed by atoms with Crippen molar-refractivity contribution >= 4 is 22.0 Å². The number of allylic oxidation sites excluding steroid dienone is 4. The van der Waals surface area contributed by atoms with Gasteiger partial charge in [-0.1, -0.05) is 0 Å². The van der Waals surface area contributed by atoms with Crippen molar-refractivity contribution in [1.29, 1.82) is 0 Å². The Hall–Kier alpha value is -1.73. The summed E-state index contributed by atoms with van der Waals surface area (Å²) in [5.74, 6) is -0.228. The number of halogens is 1. The van der Waals surface area contributed by atoms with Gasteiger partial charge >= 0.3 is 119 Å². The molecule has 0 aliphatic rings. The number of rotatable bonds is 4. The van der Waals surface area contributed by atoms with Crippen molar-refractivity contribution in [2.45, 2.75) is 0 Å². The fraction of sp³-hybridized carbons (Fsp3) is 0.0625. The zero-order chi connectivity index (χ0) is 13.8. The molecule has 2 rings (SSSR count). The van der Waals surface area contributed by atoms with Gasteiger partial charge in [-0.25, -0.2) is 0 Å². The van der Waals surface area contributed by atoms with Gasteiger partial charge in [-0.05, 0) is 0 Å². The van der Waals surface area contributed by atoms with Gasteiger partial charge in [0.15, 0.2) is 0 Å². The van der Waals surface area contributed by atoms with Crippen LogP contribution in [0.4, 0.5) is 4.39 Å². The summed E-state index contributed by atoms with van der Waals surface area (Å²) in [7, 11) is 1.94. The minimum atomic E-state index is -0.228. The van der Waals surface area contributed by atoms with Gasteiger partial charge in [0.25, 0.3) is 0 Å². The second-order valence-electron chi connectivity index (χ2n) is 4.17. The van der Waals surface area contributed by atoms with Gasteiger partial charge in [0.05, 0.1) is 0 Å². The molecule has 0 saturated heterocycles. The quantitative estimate of drug-likeness (QED) is 0.598. The van der Waals surface area contributed by atoms with Crippen LogP contribution in [0.5, 0.6) is 0 Å². The first-order valence-electron chi connectivity index (χ1n) is 5.81. The minimum absolute atomic E-state index is 0.228. The standard InChI is InChI=1S/C16H14FN.Ni/c1-4-12(5-2)6-7-13-11-18(3)16-9-8-14(17)10-15(13)16;/h1,4-11H,2H2,3H3;/b7-6+,12-4+;. The summed E-state index contributed by atoms with van der Waals surface area (Å²) in [6, 6.07) is 4.80. The molecule has 3 heteroatoms. The van der Waals surface area contributed by atoms with E-state index < -0.39 is 0 Å². The molecule has 0 aliphatic heterocycles. The van der Waals surface area contributed by atoms with E-state index in [0.717, 1.165) is 22.0 Å². The van der Waals surface area contributed by atoms with E-state index in [9.17, 15) is 4.39 Å². The third-order valence-corrected chi connectivity index (χ3v) is 3.08. The summed E-state index contributed by atoms with van der Waals surface area (Å²) in [6.45, 7) is 3.73. The predicted octanol–water partition coefficient (Wildman–Crippen LogP) is 3.79. The van der Waals surface area contributed by atoms with Crippen molar-refractivity contribution in [2.24, 2.45) is 7.05 Å². The summed E-state index contributed by atoms with van der Waals surface area (Å²) >= 11 is 4.50. The zero-order valence-corrected chi connectivity index (χ0v) is 11.5. The van der Waals surface area contributed by atoms with E-state index in [2.05, 4.69) is 21.6 Å². The number of aryl methyl sites for hydroxylation is 1. The molecule has 0 aliphatic carbocycles. The molecule has 1 aromatic carbocycles. The first-order valence-corrected chi connectivity index (χ1v) is 6.38. The first-order chi connectivity index (χ1) is 9.15. The Balaban J connectivity index is 2.48. The number of fused-ring (bicyclic) bond motifs is 1. The molecule has 0 unspecified atom stereocenters. The summed E-state index contributed by atoms with van der Waals surface area (Å²) in [6.07, 6.45) is 9.38. The van der Waals surface area contributed by atoms with E-state index in [1.54, 1.807) is 23.2 Å². The molecule has 19 heavy (non-hydrogen) atoms. The Morgan fingerprint density at radius 2 is 2.21 bits per heavy atom. The summed E-state index contributed by atoms with van der Waals surface area (Å²) in [4.78, 5) is 1.59. The molecule has 1 aromatic heterocycles. The molecule has 0 fully saturated rings. The third-order valence-electron chi connectivity index (χ3n) is 2.92. The van der Waals surface area contributed by atoms with E-state index in [0.29, 0.717) is 0 Å². The maximum absolute atomic E-state index is 13.3. The molecular weight excluding hydrogens is 284 g/mol. The molecule has 1 nitrogen and oxygen atoms in total. The fourth-order valence-corrected chi connectivity index (χ4v) is 2.16. The normalized spacial score (nSPS) is 12.3. The molecular formula is C16H14FNNi. The Kier molecular flexibility index (Phi) is 4.29. The summed E-state index contributed by atoms with van der Waals surface area (Å²) < 4.78 is 15.3. The second-order valence-corrected chi connectivity index (χ2v) is 4.50. The summed E-state index contributed by atoms with van der Waals surface area (Å²) in [5.41, 5.74) is 2.90. The number of hydrogen-bond donors (Lipinski definition) is 0. The van der Waals surface area contributed by atoms with Gasteiger partial charge < -0.3 is 0 Å². The topological polar surface area (TPSA) is 4.93 Å². The molecule has 0 spiro atoms. The van der Waals surface area contributed by atoms with Crippen LogP contribution in [0.25, 0.3) is 17.0 Å². The molecule has 0 N–H and O–H groups in total. The third kappa shape index (κ3) is 2.99. The maximum atomic E-state index is 13.3. The molecule has 2 aromatic rings. The van der Waals surface area contributed by atoms with Crippen LogP contribution in [0.15, 0.2) is 54.8 Å². The van der Waals surface area contributed by atoms with Crippen LogP contribution < -0.4 is 0 Å². The second kappa shape index (κ2) is 5.94. The van der Waals surface area contributed by atoms with E-state index in [1.807, 2.05) is 36.0 Å². The number of aromatic nitrogens is 1. The van der Waals surface area contributed by atoms with E-state index in [1.165, 1.54) is 6.07 Å². The van der Waals surface area contributed by atoms with Crippen molar-refractivity contribution < 1.29 is 19.4 Å². The van der Waals surface area contributed by atoms with Crippen molar-refractivity contribution in [3.8, 4) is 0 Å².